The summed E-state index contributed by atoms with van der Waals surface area (Å²) >= 11 is 11.9. The Morgan fingerprint density at radius 1 is 1.26 bits per heavy atom. The van der Waals surface area contributed by atoms with Crippen LogP contribution in [0.3, 0.4) is 0 Å². The van der Waals surface area contributed by atoms with E-state index in [0.29, 0.717) is 30.2 Å². The van der Waals surface area contributed by atoms with Gasteiger partial charge in [0.25, 0.3) is 5.91 Å². The third-order valence-corrected chi connectivity index (χ3v) is 5.22. The lowest BCUT2D eigenvalue weighted by Crippen LogP contribution is -2.48. The maximum absolute atomic E-state index is 12.6. The molecule has 1 fully saturated rings. The quantitative estimate of drug-likeness (QED) is 0.582. The minimum Gasteiger partial charge on any atom is -0.463 e. The van der Waals surface area contributed by atoms with Crippen molar-refractivity contribution in [3.05, 3.63) is 52.1 Å². The van der Waals surface area contributed by atoms with E-state index in [0.717, 1.165) is 18.7 Å². The minimum atomic E-state index is -0.748. The van der Waals surface area contributed by atoms with E-state index < -0.39 is 6.10 Å². The molecule has 1 aromatic heterocycles. The Morgan fingerprint density at radius 2 is 2.03 bits per heavy atom. The molecule has 0 aliphatic carbocycles. The number of piperazine rings is 1. The van der Waals surface area contributed by atoms with Gasteiger partial charge in [-0.3, -0.25) is 4.79 Å². The molecule has 2 heterocycles. The van der Waals surface area contributed by atoms with Crippen molar-refractivity contribution in [3.63, 3.8) is 0 Å². The monoisotopic (exact) mass is 465 g/mol. The van der Waals surface area contributed by atoms with Crippen LogP contribution in [0.4, 0.5) is 10.5 Å². The number of pyridine rings is 1. The second kappa shape index (κ2) is 11.2. The SMILES string of the molecule is CC[C@@H](Oc1ncc(Cl)cc1Cl)C(=O)NCc1cccc(NC(=O)N2CCNCC2)c1. The third kappa shape index (κ3) is 6.72. The molecule has 0 bridgehead atoms. The fourth-order valence-corrected chi connectivity index (χ4v) is 3.50. The number of rotatable bonds is 7. The fraction of sp³-hybridized carbons (Fsp3) is 0.381. The maximum atomic E-state index is 12.6. The van der Waals surface area contributed by atoms with Crippen LogP contribution in [0, 0.1) is 0 Å². The summed E-state index contributed by atoms with van der Waals surface area (Å²) in [5.74, 6) is -0.128. The number of anilines is 1. The van der Waals surface area contributed by atoms with Gasteiger partial charge in [-0.15, -0.1) is 0 Å². The highest BCUT2D eigenvalue weighted by Gasteiger charge is 2.20. The predicted octanol–water partition coefficient (Wildman–Crippen LogP) is 3.30. The molecule has 10 heteroatoms. The van der Waals surface area contributed by atoms with Crippen molar-refractivity contribution < 1.29 is 14.3 Å². The predicted molar refractivity (Wildman–Crippen MR) is 121 cm³/mol. The topological polar surface area (TPSA) is 95.6 Å². The number of hydrogen-bond donors (Lipinski definition) is 3. The number of hydrogen-bond acceptors (Lipinski definition) is 5. The molecule has 3 N–H and O–H groups in total. The molecule has 0 radical (unpaired) electrons. The summed E-state index contributed by atoms with van der Waals surface area (Å²) in [7, 11) is 0. The molecule has 0 spiro atoms. The first-order chi connectivity index (χ1) is 15.0. The zero-order valence-electron chi connectivity index (χ0n) is 17.2. The molecule has 31 heavy (non-hydrogen) atoms. The van der Waals surface area contributed by atoms with E-state index in [4.69, 9.17) is 27.9 Å². The summed E-state index contributed by atoms with van der Waals surface area (Å²) in [4.78, 5) is 30.8. The normalized spacial score (nSPS) is 14.6. The van der Waals surface area contributed by atoms with Gasteiger partial charge in [0, 0.05) is 44.6 Å². The molecule has 166 valence electrons. The van der Waals surface area contributed by atoms with Crippen molar-refractivity contribution in [2.45, 2.75) is 26.0 Å². The van der Waals surface area contributed by atoms with Crippen molar-refractivity contribution >= 4 is 40.8 Å². The highest BCUT2D eigenvalue weighted by molar-refractivity contribution is 6.35. The number of aromatic nitrogens is 1. The average molecular weight is 466 g/mol. The van der Waals surface area contributed by atoms with Crippen molar-refractivity contribution in [2.75, 3.05) is 31.5 Å². The lowest BCUT2D eigenvalue weighted by molar-refractivity contribution is -0.128. The van der Waals surface area contributed by atoms with Gasteiger partial charge in [0.2, 0.25) is 5.88 Å². The first-order valence-corrected chi connectivity index (χ1v) is 10.8. The van der Waals surface area contributed by atoms with Gasteiger partial charge in [-0.25, -0.2) is 9.78 Å². The number of nitrogens with one attached hydrogen (secondary N) is 3. The Kier molecular flexibility index (Phi) is 8.34. The van der Waals surface area contributed by atoms with E-state index >= 15 is 0 Å². The lowest BCUT2D eigenvalue weighted by atomic mass is 10.2. The highest BCUT2D eigenvalue weighted by atomic mass is 35.5. The first-order valence-electron chi connectivity index (χ1n) is 10.1. The van der Waals surface area contributed by atoms with E-state index in [9.17, 15) is 9.59 Å². The Bertz CT molecular complexity index is 922. The van der Waals surface area contributed by atoms with E-state index in [1.165, 1.54) is 12.3 Å². The number of amides is 3. The van der Waals surface area contributed by atoms with Crippen LogP contribution in [0.1, 0.15) is 18.9 Å². The van der Waals surface area contributed by atoms with Gasteiger partial charge in [0.05, 0.1) is 5.02 Å². The molecule has 1 aliphatic heterocycles. The zero-order chi connectivity index (χ0) is 22.2. The summed E-state index contributed by atoms with van der Waals surface area (Å²) < 4.78 is 5.66. The van der Waals surface area contributed by atoms with Gasteiger partial charge < -0.3 is 25.6 Å². The van der Waals surface area contributed by atoms with Gasteiger partial charge in [-0.05, 0) is 30.2 Å². The summed E-state index contributed by atoms with van der Waals surface area (Å²) in [5.41, 5.74) is 1.53. The smallest absolute Gasteiger partial charge is 0.321 e. The molecule has 3 amide bonds. The van der Waals surface area contributed by atoms with Crippen LogP contribution in [-0.4, -0.2) is 54.1 Å². The van der Waals surface area contributed by atoms with Crippen LogP contribution in [0.5, 0.6) is 5.88 Å². The van der Waals surface area contributed by atoms with E-state index in [-0.39, 0.29) is 29.4 Å². The fourth-order valence-electron chi connectivity index (χ4n) is 3.08. The standard InChI is InChI=1S/C21H25Cl2N5O3/c1-2-18(31-20-17(23)11-15(22)13-26-20)19(29)25-12-14-4-3-5-16(10-14)27-21(30)28-8-6-24-7-9-28/h3-5,10-11,13,18,24H,2,6-9,12H2,1H3,(H,25,29)(H,27,30)/t18-/m1/s1. The van der Waals surface area contributed by atoms with Gasteiger partial charge in [0.15, 0.2) is 6.10 Å². The van der Waals surface area contributed by atoms with Gasteiger partial charge in [-0.1, -0.05) is 42.3 Å². The average Bonchev–Trinajstić information content (AvgIpc) is 2.78. The van der Waals surface area contributed by atoms with Gasteiger partial charge >= 0.3 is 6.03 Å². The summed E-state index contributed by atoms with van der Waals surface area (Å²) in [6.45, 7) is 5.05. The Hall–Kier alpha value is -2.55. The molecule has 2 aromatic rings. The Morgan fingerprint density at radius 3 is 2.74 bits per heavy atom. The molecule has 8 nitrogen and oxygen atoms in total. The van der Waals surface area contributed by atoms with E-state index in [2.05, 4.69) is 20.9 Å². The number of nitrogens with zero attached hydrogens (tertiary/aromatic N) is 2. The zero-order valence-corrected chi connectivity index (χ0v) is 18.7. The second-order valence-corrected chi connectivity index (χ2v) is 7.88. The van der Waals surface area contributed by atoms with Crippen molar-refractivity contribution in [3.8, 4) is 5.88 Å². The Balaban J connectivity index is 1.55. The molecular weight excluding hydrogens is 441 g/mol. The van der Waals surface area contributed by atoms with Crippen LogP contribution >= 0.6 is 23.2 Å². The molecule has 1 aliphatic rings. The van der Waals surface area contributed by atoms with Crippen LogP contribution in [0.15, 0.2) is 36.5 Å². The largest absolute Gasteiger partial charge is 0.463 e. The minimum absolute atomic E-state index is 0.130. The second-order valence-electron chi connectivity index (χ2n) is 7.04. The van der Waals surface area contributed by atoms with Gasteiger partial charge in [-0.2, -0.15) is 0 Å². The summed E-state index contributed by atoms with van der Waals surface area (Å²) in [5, 5.41) is 9.60. The van der Waals surface area contributed by atoms with E-state index in [1.807, 2.05) is 31.2 Å². The molecule has 1 saturated heterocycles. The molecule has 1 atom stereocenters. The van der Waals surface area contributed by atoms with E-state index in [1.54, 1.807) is 4.90 Å². The van der Waals surface area contributed by atoms with Gasteiger partial charge in [0.1, 0.15) is 5.02 Å². The number of urea groups is 1. The molecular formula is C21H25Cl2N5O3. The summed E-state index contributed by atoms with van der Waals surface area (Å²) in [6.07, 6.45) is 1.10. The van der Waals surface area contributed by atoms with Crippen molar-refractivity contribution in [2.24, 2.45) is 0 Å². The number of carbonyl (C=O) groups excluding carboxylic acids is 2. The van der Waals surface area contributed by atoms with Crippen molar-refractivity contribution in [1.82, 2.24) is 20.5 Å². The lowest BCUT2D eigenvalue weighted by Gasteiger charge is -2.27. The molecule has 3 rings (SSSR count). The summed E-state index contributed by atoms with van der Waals surface area (Å²) in [6, 6.07) is 8.74. The number of benzene rings is 1. The molecule has 0 unspecified atom stereocenters. The first kappa shape index (κ1) is 23.1. The van der Waals surface area contributed by atoms with Crippen LogP contribution in [0.2, 0.25) is 10.0 Å². The number of halogens is 2. The number of carbonyl (C=O) groups is 2. The number of ether oxygens (including phenoxy) is 1. The van der Waals surface area contributed by atoms with Crippen molar-refractivity contribution in [1.29, 1.82) is 0 Å². The molecule has 0 saturated carbocycles. The highest BCUT2D eigenvalue weighted by Crippen LogP contribution is 2.25. The molecule has 1 aromatic carbocycles. The third-order valence-electron chi connectivity index (χ3n) is 4.74. The van der Waals surface area contributed by atoms with Crippen LogP contribution in [-0.2, 0) is 11.3 Å². The maximum Gasteiger partial charge on any atom is 0.321 e. The Labute approximate surface area is 191 Å². The van der Waals surface area contributed by atoms with Crippen LogP contribution in [0.25, 0.3) is 0 Å². The van der Waals surface area contributed by atoms with Crippen LogP contribution < -0.4 is 20.7 Å².